The van der Waals surface area contributed by atoms with Gasteiger partial charge < -0.3 is 0 Å². The molecule has 0 saturated heterocycles. The van der Waals surface area contributed by atoms with E-state index in [0.29, 0.717) is 0 Å². The molecule has 78 valence electrons. The quantitative estimate of drug-likeness (QED) is 0.595. The Morgan fingerprint density at radius 3 is 3.00 bits per heavy atom. The first-order valence-corrected chi connectivity index (χ1v) is 5.02. The molecule has 0 radical (unpaired) electrons. The highest BCUT2D eigenvalue weighted by molar-refractivity contribution is 5.99. The van der Waals surface area contributed by atoms with Crippen LogP contribution in [0.4, 0.5) is 0 Å². The van der Waals surface area contributed by atoms with Crippen LogP contribution in [0, 0.1) is 5.92 Å². The summed E-state index contributed by atoms with van der Waals surface area (Å²) in [6.07, 6.45) is 5.42. The van der Waals surface area contributed by atoms with E-state index in [0.717, 1.165) is 24.1 Å². The topological polar surface area (TPSA) is 54.4 Å². The molecule has 1 aliphatic carbocycles. The Hall–Kier alpha value is -1.71. The molecule has 0 spiro atoms. The fraction of sp³-hybridized carbons (Fsp3) is 0.364. The highest BCUT2D eigenvalue weighted by atomic mass is 16.2. The van der Waals surface area contributed by atoms with Gasteiger partial charge in [-0.3, -0.25) is 9.78 Å². The van der Waals surface area contributed by atoms with Crippen molar-refractivity contribution in [2.75, 3.05) is 0 Å². The van der Waals surface area contributed by atoms with Crippen LogP contribution in [0.15, 0.2) is 29.6 Å². The Morgan fingerprint density at radius 2 is 2.40 bits per heavy atom. The van der Waals surface area contributed by atoms with Crippen molar-refractivity contribution in [1.82, 2.24) is 10.4 Å². The van der Waals surface area contributed by atoms with E-state index in [-0.39, 0.29) is 11.8 Å². The summed E-state index contributed by atoms with van der Waals surface area (Å²) in [7, 11) is 0. The number of nitrogens with zero attached hydrogens (tertiary/aromatic N) is 2. The average molecular weight is 203 g/mol. The number of hydrogen-bond acceptors (Lipinski definition) is 3. The summed E-state index contributed by atoms with van der Waals surface area (Å²) in [6, 6.07) is 3.76. The standard InChI is InChI=1S/C11H13N3O/c1-8(10-3-2-6-12-7-10)13-14-11(15)9-4-5-9/h2-3,6-7,9H,4-5H2,1H3,(H,14,15)/b13-8-. The fourth-order valence-corrected chi connectivity index (χ4v) is 1.22. The number of hydrazone groups is 1. The molecule has 1 aromatic rings. The van der Waals surface area contributed by atoms with Crippen molar-refractivity contribution >= 4 is 11.6 Å². The summed E-state index contributed by atoms with van der Waals surface area (Å²) in [5.74, 6) is 0.216. The molecule has 1 heterocycles. The van der Waals surface area contributed by atoms with Crippen molar-refractivity contribution in [3.63, 3.8) is 0 Å². The molecule has 1 N–H and O–H groups in total. The van der Waals surface area contributed by atoms with Gasteiger partial charge >= 0.3 is 0 Å². The maximum Gasteiger partial charge on any atom is 0.243 e. The van der Waals surface area contributed by atoms with Crippen molar-refractivity contribution in [3.05, 3.63) is 30.1 Å². The summed E-state index contributed by atoms with van der Waals surface area (Å²) in [5.41, 5.74) is 4.26. The largest absolute Gasteiger partial charge is 0.273 e. The normalized spacial score (nSPS) is 16.2. The van der Waals surface area contributed by atoms with Crippen LogP contribution in [0.5, 0.6) is 0 Å². The van der Waals surface area contributed by atoms with E-state index >= 15 is 0 Å². The van der Waals surface area contributed by atoms with Gasteiger partial charge in [0.15, 0.2) is 0 Å². The van der Waals surface area contributed by atoms with Gasteiger partial charge in [-0.05, 0) is 25.8 Å². The van der Waals surface area contributed by atoms with Crippen molar-refractivity contribution in [2.45, 2.75) is 19.8 Å². The zero-order valence-corrected chi connectivity index (χ0v) is 8.60. The lowest BCUT2D eigenvalue weighted by atomic mass is 10.2. The smallest absolute Gasteiger partial charge is 0.243 e. The molecule has 2 rings (SSSR count). The first-order chi connectivity index (χ1) is 7.27. The van der Waals surface area contributed by atoms with E-state index in [1.807, 2.05) is 19.1 Å². The fourth-order valence-electron chi connectivity index (χ4n) is 1.22. The summed E-state index contributed by atoms with van der Waals surface area (Å²) in [6.45, 7) is 1.85. The van der Waals surface area contributed by atoms with Crippen LogP contribution in [0.2, 0.25) is 0 Å². The van der Waals surface area contributed by atoms with E-state index in [4.69, 9.17) is 0 Å². The Bertz CT molecular complexity index is 382. The third-order valence-electron chi connectivity index (χ3n) is 2.36. The summed E-state index contributed by atoms with van der Waals surface area (Å²) >= 11 is 0. The number of aromatic nitrogens is 1. The molecule has 4 nitrogen and oxygen atoms in total. The van der Waals surface area contributed by atoms with Crippen molar-refractivity contribution < 1.29 is 4.79 Å². The average Bonchev–Trinajstić information content (AvgIpc) is 3.10. The molecular weight excluding hydrogens is 190 g/mol. The Balaban J connectivity index is 1.97. The van der Waals surface area contributed by atoms with E-state index in [9.17, 15) is 4.79 Å². The third-order valence-corrected chi connectivity index (χ3v) is 2.36. The van der Waals surface area contributed by atoms with Gasteiger partial charge in [-0.1, -0.05) is 6.07 Å². The Kier molecular flexibility index (Phi) is 2.76. The number of carbonyl (C=O) groups excluding carboxylic acids is 1. The van der Waals surface area contributed by atoms with Gasteiger partial charge in [-0.15, -0.1) is 0 Å². The molecule has 0 aliphatic heterocycles. The van der Waals surface area contributed by atoms with Gasteiger partial charge in [-0.25, -0.2) is 5.43 Å². The summed E-state index contributed by atoms with van der Waals surface area (Å²) < 4.78 is 0. The molecule has 0 bridgehead atoms. The van der Waals surface area contributed by atoms with Gasteiger partial charge in [0.05, 0.1) is 5.71 Å². The number of carbonyl (C=O) groups is 1. The van der Waals surface area contributed by atoms with E-state index in [1.54, 1.807) is 12.4 Å². The molecule has 1 fully saturated rings. The van der Waals surface area contributed by atoms with Gasteiger partial charge in [0.25, 0.3) is 0 Å². The minimum atomic E-state index is 0.0261. The molecule has 1 aromatic heterocycles. The highest BCUT2D eigenvalue weighted by Crippen LogP contribution is 2.28. The predicted octanol–water partition coefficient (Wildman–Crippen LogP) is 1.33. The lowest BCUT2D eigenvalue weighted by molar-refractivity contribution is -0.122. The van der Waals surface area contributed by atoms with Gasteiger partial charge in [0, 0.05) is 23.9 Å². The van der Waals surface area contributed by atoms with Crippen molar-refractivity contribution in [2.24, 2.45) is 11.0 Å². The van der Waals surface area contributed by atoms with Gasteiger partial charge in [0.1, 0.15) is 0 Å². The van der Waals surface area contributed by atoms with E-state index in [1.165, 1.54) is 0 Å². The molecule has 15 heavy (non-hydrogen) atoms. The van der Waals surface area contributed by atoms with Crippen LogP contribution in [0.3, 0.4) is 0 Å². The maximum absolute atomic E-state index is 11.3. The molecule has 0 aromatic carbocycles. The van der Waals surface area contributed by atoms with Crippen LogP contribution >= 0.6 is 0 Å². The monoisotopic (exact) mass is 203 g/mol. The van der Waals surface area contributed by atoms with Gasteiger partial charge in [-0.2, -0.15) is 5.10 Å². The van der Waals surface area contributed by atoms with Crippen LogP contribution in [0.1, 0.15) is 25.3 Å². The van der Waals surface area contributed by atoms with Crippen LogP contribution in [0.25, 0.3) is 0 Å². The predicted molar refractivity (Wildman–Crippen MR) is 57.3 cm³/mol. The molecular formula is C11H13N3O. The Labute approximate surface area is 88.4 Å². The lowest BCUT2D eigenvalue weighted by Gasteiger charge is -2.00. The van der Waals surface area contributed by atoms with E-state index in [2.05, 4.69) is 15.5 Å². The first kappa shape index (κ1) is 9.83. The molecule has 0 atom stereocenters. The van der Waals surface area contributed by atoms with E-state index < -0.39 is 0 Å². The second-order valence-electron chi connectivity index (χ2n) is 3.69. The maximum atomic E-state index is 11.3. The minimum absolute atomic E-state index is 0.0261. The van der Waals surface area contributed by atoms with Crippen LogP contribution < -0.4 is 5.43 Å². The minimum Gasteiger partial charge on any atom is -0.273 e. The highest BCUT2D eigenvalue weighted by Gasteiger charge is 2.29. The molecule has 1 amide bonds. The van der Waals surface area contributed by atoms with Crippen molar-refractivity contribution in [1.29, 1.82) is 0 Å². The van der Waals surface area contributed by atoms with Gasteiger partial charge in [0.2, 0.25) is 5.91 Å². The molecule has 1 saturated carbocycles. The second-order valence-corrected chi connectivity index (χ2v) is 3.69. The lowest BCUT2D eigenvalue weighted by Crippen LogP contribution is -2.20. The first-order valence-electron chi connectivity index (χ1n) is 5.02. The zero-order chi connectivity index (χ0) is 10.7. The van der Waals surface area contributed by atoms with Crippen molar-refractivity contribution in [3.8, 4) is 0 Å². The summed E-state index contributed by atoms with van der Waals surface area (Å²) in [4.78, 5) is 15.3. The Morgan fingerprint density at radius 1 is 1.60 bits per heavy atom. The molecule has 1 aliphatic rings. The number of amides is 1. The number of hydrogen-bond donors (Lipinski definition) is 1. The van der Waals surface area contributed by atoms with Crippen LogP contribution in [-0.4, -0.2) is 16.6 Å². The molecule has 4 heteroatoms. The third kappa shape index (κ3) is 2.62. The second kappa shape index (κ2) is 4.21. The summed E-state index contributed by atoms with van der Waals surface area (Å²) in [5, 5.41) is 4.03. The number of nitrogens with one attached hydrogen (secondary N) is 1. The zero-order valence-electron chi connectivity index (χ0n) is 8.60. The number of rotatable bonds is 3. The molecule has 0 unspecified atom stereocenters. The number of pyridine rings is 1. The SMILES string of the molecule is C/C(=N/NC(=O)C1CC1)c1cccnc1. The van der Waals surface area contributed by atoms with Crippen LogP contribution in [-0.2, 0) is 4.79 Å².